The molecule has 0 saturated carbocycles. The Kier molecular flexibility index (Phi) is 8.24. The van der Waals surface area contributed by atoms with Gasteiger partial charge in [0.1, 0.15) is 0 Å². The maximum atomic E-state index is 11.7. The summed E-state index contributed by atoms with van der Waals surface area (Å²) in [5.74, 6) is -0.781. The van der Waals surface area contributed by atoms with Gasteiger partial charge in [0.05, 0.1) is 5.92 Å². The number of oxime groups is 1. The largest absolute Gasteiger partial charge is 0.409 e. The predicted molar refractivity (Wildman–Crippen MR) is 61.3 cm³/mol. The molecule has 16 heavy (non-hydrogen) atoms. The molecule has 6 nitrogen and oxygen atoms in total. The van der Waals surface area contributed by atoms with Crippen LogP contribution in [0.3, 0.4) is 0 Å². The number of amides is 1. The minimum atomic E-state index is -0.544. The van der Waals surface area contributed by atoms with E-state index in [0.717, 1.165) is 12.8 Å². The number of nitrogens with zero attached hydrogens (tertiary/aromatic N) is 1. The number of methoxy groups -OCH3 is 1. The molecule has 0 fully saturated rings. The molecule has 0 aromatic carbocycles. The number of amidine groups is 1. The van der Waals surface area contributed by atoms with Gasteiger partial charge in [-0.1, -0.05) is 18.5 Å². The van der Waals surface area contributed by atoms with Gasteiger partial charge < -0.3 is 21.0 Å². The number of hydrogen-bond acceptors (Lipinski definition) is 4. The highest BCUT2D eigenvalue weighted by Crippen LogP contribution is 2.06. The van der Waals surface area contributed by atoms with Gasteiger partial charge in [0.25, 0.3) is 0 Å². The molecule has 0 aliphatic heterocycles. The summed E-state index contributed by atoms with van der Waals surface area (Å²) in [6.07, 6.45) is 2.12. The van der Waals surface area contributed by atoms with Crippen LogP contribution in [0, 0.1) is 5.92 Å². The third kappa shape index (κ3) is 5.55. The molecule has 0 aliphatic rings. The summed E-state index contributed by atoms with van der Waals surface area (Å²) in [6.45, 7) is 3.07. The molecule has 0 heterocycles. The van der Waals surface area contributed by atoms with Gasteiger partial charge in [0.2, 0.25) is 5.91 Å². The van der Waals surface area contributed by atoms with Crippen molar-refractivity contribution in [1.82, 2.24) is 5.32 Å². The van der Waals surface area contributed by atoms with Crippen molar-refractivity contribution in [2.45, 2.75) is 26.2 Å². The molecule has 0 spiro atoms. The molecule has 0 aromatic rings. The Labute approximate surface area is 95.8 Å². The summed E-state index contributed by atoms with van der Waals surface area (Å²) in [6, 6.07) is 0. The van der Waals surface area contributed by atoms with Crippen molar-refractivity contribution in [1.29, 1.82) is 0 Å². The van der Waals surface area contributed by atoms with E-state index in [1.165, 1.54) is 0 Å². The average Bonchev–Trinajstić information content (AvgIpc) is 2.30. The van der Waals surface area contributed by atoms with Crippen LogP contribution in [0.4, 0.5) is 0 Å². The monoisotopic (exact) mass is 231 g/mol. The van der Waals surface area contributed by atoms with Gasteiger partial charge >= 0.3 is 0 Å². The van der Waals surface area contributed by atoms with E-state index in [2.05, 4.69) is 10.5 Å². The van der Waals surface area contributed by atoms with Crippen molar-refractivity contribution >= 4 is 11.7 Å². The van der Waals surface area contributed by atoms with Crippen LogP contribution in [0.15, 0.2) is 5.16 Å². The fraction of sp³-hybridized carbons (Fsp3) is 0.800. The Balaban J connectivity index is 4.07. The van der Waals surface area contributed by atoms with Crippen LogP contribution in [0.1, 0.15) is 26.2 Å². The predicted octanol–water partition coefficient (Wildman–Crippen LogP) is 0.302. The van der Waals surface area contributed by atoms with E-state index in [1.54, 1.807) is 7.11 Å². The summed E-state index contributed by atoms with van der Waals surface area (Å²) in [5, 5.41) is 14.2. The van der Waals surface area contributed by atoms with Crippen LogP contribution in [0.2, 0.25) is 0 Å². The van der Waals surface area contributed by atoms with Crippen LogP contribution >= 0.6 is 0 Å². The van der Waals surface area contributed by atoms with E-state index in [1.807, 2.05) is 6.92 Å². The molecule has 0 radical (unpaired) electrons. The Hall–Kier alpha value is -1.30. The molecular formula is C10H21N3O3. The number of nitrogens with two attached hydrogens (primary N) is 1. The summed E-state index contributed by atoms with van der Waals surface area (Å²) >= 11 is 0. The van der Waals surface area contributed by atoms with Gasteiger partial charge in [-0.05, 0) is 12.8 Å². The van der Waals surface area contributed by atoms with Crippen molar-refractivity contribution in [3.63, 3.8) is 0 Å². The van der Waals surface area contributed by atoms with Crippen LogP contribution in [0.25, 0.3) is 0 Å². The van der Waals surface area contributed by atoms with Crippen LogP contribution in [0.5, 0.6) is 0 Å². The van der Waals surface area contributed by atoms with Gasteiger partial charge in [0.15, 0.2) is 5.84 Å². The summed E-state index contributed by atoms with van der Waals surface area (Å²) in [4.78, 5) is 11.7. The van der Waals surface area contributed by atoms with Gasteiger partial charge in [-0.15, -0.1) is 0 Å². The minimum Gasteiger partial charge on any atom is -0.409 e. The topological polar surface area (TPSA) is 96.9 Å². The molecule has 0 rings (SSSR count). The standard InChI is InChI=1S/C10H21N3O3/c1-3-5-8(9(11)13-15)10(14)12-6-4-7-16-2/h8,15H,3-7H2,1-2H3,(H2,11,13)(H,12,14). The highest BCUT2D eigenvalue weighted by atomic mass is 16.5. The highest BCUT2D eigenvalue weighted by Gasteiger charge is 2.21. The lowest BCUT2D eigenvalue weighted by Crippen LogP contribution is -2.39. The van der Waals surface area contributed by atoms with Gasteiger partial charge in [-0.3, -0.25) is 4.79 Å². The molecule has 6 heteroatoms. The number of ether oxygens (including phenoxy) is 1. The van der Waals surface area contributed by atoms with Crippen LogP contribution in [-0.2, 0) is 9.53 Å². The minimum absolute atomic E-state index is 0.0360. The normalized spacial score (nSPS) is 13.5. The van der Waals surface area contributed by atoms with Crippen molar-refractivity contribution in [2.75, 3.05) is 20.3 Å². The smallest absolute Gasteiger partial charge is 0.230 e. The molecule has 1 amide bonds. The number of rotatable bonds is 8. The number of hydrogen-bond donors (Lipinski definition) is 3. The maximum absolute atomic E-state index is 11.7. The molecule has 1 atom stereocenters. The molecule has 1 unspecified atom stereocenters. The van der Waals surface area contributed by atoms with Crippen molar-refractivity contribution in [3.05, 3.63) is 0 Å². The Morgan fingerprint density at radius 1 is 1.62 bits per heavy atom. The fourth-order valence-corrected chi connectivity index (χ4v) is 1.32. The summed E-state index contributed by atoms with van der Waals surface area (Å²) in [5.41, 5.74) is 5.45. The summed E-state index contributed by atoms with van der Waals surface area (Å²) < 4.78 is 4.86. The lowest BCUT2D eigenvalue weighted by Gasteiger charge is -2.14. The van der Waals surface area contributed by atoms with Crippen molar-refractivity contribution in [2.24, 2.45) is 16.8 Å². The van der Waals surface area contributed by atoms with Crippen LogP contribution < -0.4 is 11.1 Å². The first-order valence-electron chi connectivity index (χ1n) is 5.41. The van der Waals surface area contributed by atoms with Crippen molar-refractivity contribution in [3.8, 4) is 0 Å². The summed E-state index contributed by atoms with van der Waals surface area (Å²) in [7, 11) is 1.61. The van der Waals surface area contributed by atoms with E-state index in [-0.39, 0.29) is 11.7 Å². The van der Waals surface area contributed by atoms with Gasteiger partial charge in [0, 0.05) is 20.3 Å². The first-order valence-corrected chi connectivity index (χ1v) is 5.41. The Morgan fingerprint density at radius 3 is 2.81 bits per heavy atom. The average molecular weight is 231 g/mol. The molecule has 0 saturated heterocycles. The molecule has 0 aromatic heterocycles. The van der Waals surface area contributed by atoms with E-state index in [4.69, 9.17) is 15.7 Å². The second-order valence-corrected chi connectivity index (χ2v) is 3.50. The maximum Gasteiger partial charge on any atom is 0.230 e. The second-order valence-electron chi connectivity index (χ2n) is 3.50. The SMILES string of the molecule is CCCC(C(=O)NCCCOC)C(N)=NO. The zero-order valence-corrected chi connectivity index (χ0v) is 9.90. The lowest BCUT2D eigenvalue weighted by molar-refractivity contribution is -0.123. The zero-order chi connectivity index (χ0) is 12.4. The fourth-order valence-electron chi connectivity index (χ4n) is 1.32. The second kappa shape index (κ2) is 8.96. The zero-order valence-electron chi connectivity index (χ0n) is 9.90. The molecular weight excluding hydrogens is 210 g/mol. The Morgan fingerprint density at radius 2 is 2.31 bits per heavy atom. The quantitative estimate of drug-likeness (QED) is 0.184. The third-order valence-electron chi connectivity index (χ3n) is 2.19. The molecule has 94 valence electrons. The first-order chi connectivity index (χ1) is 7.67. The molecule has 4 N–H and O–H groups in total. The third-order valence-corrected chi connectivity index (χ3v) is 2.19. The van der Waals surface area contributed by atoms with Crippen molar-refractivity contribution < 1.29 is 14.7 Å². The number of nitrogens with one attached hydrogen (secondary N) is 1. The van der Waals surface area contributed by atoms with Gasteiger partial charge in [-0.2, -0.15) is 0 Å². The Bertz CT molecular complexity index is 231. The van der Waals surface area contributed by atoms with E-state index >= 15 is 0 Å². The van der Waals surface area contributed by atoms with Crippen LogP contribution in [-0.4, -0.2) is 37.2 Å². The number of carbonyl (C=O) groups is 1. The van der Waals surface area contributed by atoms with E-state index in [0.29, 0.717) is 19.6 Å². The first kappa shape index (κ1) is 14.7. The van der Waals surface area contributed by atoms with E-state index in [9.17, 15) is 4.79 Å². The highest BCUT2D eigenvalue weighted by molar-refractivity contribution is 6.01. The number of carbonyl (C=O) groups excluding carboxylic acids is 1. The molecule has 0 bridgehead atoms. The van der Waals surface area contributed by atoms with Gasteiger partial charge in [-0.25, -0.2) is 0 Å². The molecule has 0 aliphatic carbocycles. The van der Waals surface area contributed by atoms with E-state index < -0.39 is 5.92 Å². The lowest BCUT2D eigenvalue weighted by atomic mass is 10.0.